The Morgan fingerprint density at radius 2 is 1.42 bits per heavy atom. The molecule has 3 heteroatoms. The minimum absolute atomic E-state index is 0.0243. The topological polar surface area (TPSA) is 35.3 Å². The minimum Gasteiger partial charge on any atom is -0.374 e. The Bertz CT molecular complexity index is 1070. The van der Waals surface area contributed by atoms with Gasteiger partial charge in [0.2, 0.25) is 0 Å². The van der Waals surface area contributed by atoms with E-state index < -0.39 is 0 Å². The van der Waals surface area contributed by atoms with Gasteiger partial charge in [0, 0.05) is 12.2 Å². The molecule has 3 nitrogen and oxygen atoms in total. The van der Waals surface area contributed by atoms with Crippen LogP contribution in [0.4, 0.5) is 0 Å². The zero-order valence-corrected chi connectivity index (χ0v) is 18.3. The second kappa shape index (κ2) is 10.2. The summed E-state index contributed by atoms with van der Waals surface area (Å²) < 4.78 is 11.9. The lowest BCUT2D eigenvalue weighted by molar-refractivity contribution is 0.0545. The Morgan fingerprint density at radius 3 is 2.10 bits per heavy atom. The largest absolute Gasteiger partial charge is 0.374 e. The van der Waals surface area contributed by atoms with Gasteiger partial charge in [-0.1, -0.05) is 90.1 Å². The van der Waals surface area contributed by atoms with Crippen molar-refractivity contribution in [2.24, 2.45) is 0 Å². The predicted octanol–water partition coefficient (Wildman–Crippen LogP) is 7.42. The van der Waals surface area contributed by atoms with Crippen molar-refractivity contribution in [3.63, 3.8) is 0 Å². The molecule has 0 radical (unpaired) electrons. The van der Waals surface area contributed by atoms with Crippen molar-refractivity contribution >= 4 is 0 Å². The number of ether oxygens (including phenoxy) is 1. The Balaban J connectivity index is 1.54. The van der Waals surface area contributed by atoms with Crippen molar-refractivity contribution in [3.05, 3.63) is 102 Å². The second-order valence-corrected chi connectivity index (χ2v) is 7.78. The summed E-state index contributed by atoms with van der Waals surface area (Å²) in [5.74, 6) is 0.815. The lowest BCUT2D eigenvalue weighted by Gasteiger charge is -2.18. The van der Waals surface area contributed by atoms with Crippen LogP contribution in [0.3, 0.4) is 0 Å². The van der Waals surface area contributed by atoms with Crippen molar-refractivity contribution in [1.82, 2.24) is 5.16 Å². The van der Waals surface area contributed by atoms with Crippen LogP contribution >= 0.6 is 0 Å². The summed E-state index contributed by atoms with van der Waals surface area (Å²) in [5, 5.41) is 4.29. The monoisotopic (exact) mass is 411 g/mol. The van der Waals surface area contributed by atoms with E-state index in [4.69, 9.17) is 9.26 Å². The average Bonchev–Trinajstić information content (AvgIpc) is 3.21. The maximum absolute atomic E-state index is 6.16. The third kappa shape index (κ3) is 5.12. The molecule has 0 aliphatic rings. The van der Waals surface area contributed by atoms with Crippen LogP contribution in [0.25, 0.3) is 22.5 Å². The normalized spacial score (nSPS) is 12.1. The molecule has 1 aromatic heterocycles. The van der Waals surface area contributed by atoms with E-state index in [1.165, 1.54) is 16.7 Å². The lowest BCUT2D eigenvalue weighted by atomic mass is 9.96. The summed E-state index contributed by atoms with van der Waals surface area (Å²) in [7, 11) is 0. The fourth-order valence-electron chi connectivity index (χ4n) is 4.06. The first-order valence-corrected chi connectivity index (χ1v) is 11.0. The van der Waals surface area contributed by atoms with Crippen LogP contribution in [0.5, 0.6) is 0 Å². The molecule has 0 spiro atoms. The van der Waals surface area contributed by atoms with Crippen molar-refractivity contribution in [2.45, 2.75) is 39.2 Å². The van der Waals surface area contributed by atoms with Crippen molar-refractivity contribution in [2.75, 3.05) is 6.61 Å². The molecule has 0 bridgehead atoms. The Kier molecular flexibility index (Phi) is 6.96. The number of aromatic nitrogens is 1. The first-order valence-electron chi connectivity index (χ1n) is 11.0. The van der Waals surface area contributed by atoms with E-state index in [1.807, 2.05) is 19.9 Å². The van der Waals surface area contributed by atoms with Crippen LogP contribution in [0, 0.1) is 6.92 Å². The molecule has 4 aromatic rings. The van der Waals surface area contributed by atoms with Crippen molar-refractivity contribution < 1.29 is 9.26 Å². The molecular formula is C28H29NO2. The van der Waals surface area contributed by atoms with E-state index in [2.05, 4.69) is 84.0 Å². The Hall–Kier alpha value is -3.17. The van der Waals surface area contributed by atoms with E-state index in [-0.39, 0.29) is 6.10 Å². The van der Waals surface area contributed by atoms with Gasteiger partial charge < -0.3 is 9.26 Å². The molecule has 158 valence electrons. The van der Waals surface area contributed by atoms with Crippen molar-refractivity contribution in [1.29, 1.82) is 0 Å². The summed E-state index contributed by atoms with van der Waals surface area (Å²) in [6.45, 7) is 4.71. The minimum atomic E-state index is -0.0243. The van der Waals surface area contributed by atoms with Crippen LogP contribution in [-0.2, 0) is 11.2 Å². The van der Waals surface area contributed by atoms with Gasteiger partial charge in [0.1, 0.15) is 0 Å². The first kappa shape index (κ1) is 21.1. The second-order valence-electron chi connectivity index (χ2n) is 7.78. The molecule has 0 saturated heterocycles. The summed E-state index contributed by atoms with van der Waals surface area (Å²) in [5.41, 5.74) is 6.75. The van der Waals surface area contributed by atoms with E-state index in [9.17, 15) is 0 Å². The molecule has 1 unspecified atom stereocenters. The number of nitrogens with zero attached hydrogens (tertiary/aromatic N) is 1. The quantitative estimate of drug-likeness (QED) is 0.287. The molecule has 1 atom stereocenters. The van der Waals surface area contributed by atoms with Gasteiger partial charge in [0.15, 0.2) is 5.76 Å². The zero-order chi connectivity index (χ0) is 21.5. The van der Waals surface area contributed by atoms with Gasteiger partial charge in [-0.25, -0.2) is 0 Å². The molecule has 31 heavy (non-hydrogen) atoms. The summed E-state index contributed by atoms with van der Waals surface area (Å²) in [6, 6.07) is 29.5. The highest BCUT2D eigenvalue weighted by Gasteiger charge is 2.24. The Morgan fingerprint density at radius 1 is 0.806 bits per heavy atom. The smallest absolute Gasteiger partial charge is 0.172 e. The number of benzene rings is 3. The molecule has 0 amide bonds. The molecule has 1 heterocycles. The summed E-state index contributed by atoms with van der Waals surface area (Å²) in [6.07, 6.45) is 2.99. The van der Waals surface area contributed by atoms with Gasteiger partial charge in [-0.05, 0) is 49.8 Å². The van der Waals surface area contributed by atoms with Crippen LogP contribution in [0.2, 0.25) is 0 Å². The van der Waals surface area contributed by atoms with Gasteiger partial charge in [0.25, 0.3) is 0 Å². The van der Waals surface area contributed by atoms with Crippen LogP contribution in [0.15, 0.2) is 89.5 Å². The third-order valence-electron chi connectivity index (χ3n) is 5.63. The molecular weight excluding hydrogens is 382 g/mol. The van der Waals surface area contributed by atoms with Gasteiger partial charge in [0.05, 0.1) is 17.4 Å². The number of aryl methyl sites for hydroxylation is 2. The average molecular weight is 412 g/mol. The standard InChI is InChI=1S/C28H29NO2/c1-3-30-26(16-10-13-22-11-6-4-7-12-22)27-21(2)29-31-28(27)25-19-17-24(18-20-25)23-14-8-5-9-15-23/h4-9,11-12,14-15,17-20,26H,3,10,13,16H2,1-2H3. The van der Waals surface area contributed by atoms with Gasteiger partial charge in [-0.15, -0.1) is 0 Å². The van der Waals surface area contributed by atoms with Crippen molar-refractivity contribution in [3.8, 4) is 22.5 Å². The fourth-order valence-corrected chi connectivity index (χ4v) is 4.06. The van der Waals surface area contributed by atoms with E-state index >= 15 is 0 Å². The number of hydrogen-bond acceptors (Lipinski definition) is 3. The van der Waals surface area contributed by atoms with Gasteiger partial charge in [-0.2, -0.15) is 0 Å². The maximum Gasteiger partial charge on any atom is 0.172 e. The molecule has 0 fully saturated rings. The lowest BCUT2D eigenvalue weighted by Crippen LogP contribution is -2.07. The third-order valence-corrected chi connectivity index (χ3v) is 5.63. The Labute approximate surface area is 184 Å². The maximum atomic E-state index is 6.16. The molecule has 0 saturated carbocycles. The highest BCUT2D eigenvalue weighted by atomic mass is 16.5. The summed E-state index contributed by atoms with van der Waals surface area (Å²) >= 11 is 0. The zero-order valence-electron chi connectivity index (χ0n) is 18.3. The first-order chi connectivity index (χ1) is 15.3. The SMILES string of the molecule is CCOC(CCCc1ccccc1)c1c(C)noc1-c1ccc(-c2ccccc2)cc1. The van der Waals surface area contributed by atoms with Gasteiger partial charge >= 0.3 is 0 Å². The van der Waals surface area contributed by atoms with Crippen LogP contribution in [-0.4, -0.2) is 11.8 Å². The molecule has 0 N–H and O–H groups in total. The van der Waals surface area contributed by atoms with E-state index in [0.29, 0.717) is 6.61 Å². The predicted molar refractivity (Wildman–Crippen MR) is 126 cm³/mol. The molecule has 3 aromatic carbocycles. The fraction of sp³-hybridized carbons (Fsp3) is 0.250. The molecule has 0 aliphatic heterocycles. The molecule has 0 aliphatic carbocycles. The summed E-state index contributed by atoms with van der Waals surface area (Å²) in [4.78, 5) is 0. The highest BCUT2D eigenvalue weighted by molar-refractivity contribution is 5.69. The highest BCUT2D eigenvalue weighted by Crippen LogP contribution is 2.36. The van der Waals surface area contributed by atoms with Crippen LogP contribution in [0.1, 0.15) is 42.7 Å². The van der Waals surface area contributed by atoms with Gasteiger partial charge in [-0.3, -0.25) is 0 Å². The number of hydrogen-bond donors (Lipinski definition) is 0. The number of rotatable bonds is 9. The van der Waals surface area contributed by atoms with E-state index in [1.54, 1.807) is 0 Å². The van der Waals surface area contributed by atoms with Crippen LogP contribution < -0.4 is 0 Å². The van der Waals surface area contributed by atoms with E-state index in [0.717, 1.165) is 41.8 Å². The molecule has 4 rings (SSSR count).